The molecule has 2 heteroatoms. The van der Waals surface area contributed by atoms with Crippen molar-refractivity contribution in [2.24, 2.45) is 0 Å². The minimum atomic E-state index is -1.39. The smallest absolute Gasteiger partial charge is 0.0903 e. The second-order valence-electron chi connectivity index (χ2n) is 5.24. The zero-order valence-corrected chi connectivity index (χ0v) is 11.8. The summed E-state index contributed by atoms with van der Waals surface area (Å²) in [5, 5.41) is 3.37. The fourth-order valence-corrected chi connectivity index (χ4v) is 10.3. The normalized spacial score (nSPS) is 28.0. The van der Waals surface area contributed by atoms with Crippen LogP contribution in [0.5, 0.6) is 0 Å². The zero-order chi connectivity index (χ0) is 11.6. The molecule has 2 heterocycles. The second-order valence-corrected chi connectivity index (χ2v) is 10.6. The lowest BCUT2D eigenvalue weighted by Gasteiger charge is -2.50. The van der Waals surface area contributed by atoms with Crippen molar-refractivity contribution >= 4 is 30.2 Å². The first-order chi connectivity index (χ1) is 8.23. The summed E-state index contributed by atoms with van der Waals surface area (Å²) in [7, 11) is -1.39. The van der Waals surface area contributed by atoms with Crippen LogP contribution in [0.1, 0.15) is 18.0 Å². The minimum Gasteiger partial charge on any atom is -0.0903 e. The van der Waals surface area contributed by atoms with Gasteiger partial charge in [-0.3, -0.25) is 0 Å². The lowest BCUT2D eigenvalue weighted by atomic mass is 10.1. The lowest BCUT2D eigenvalue weighted by molar-refractivity contribution is 0.977. The van der Waals surface area contributed by atoms with Crippen LogP contribution in [0, 0.1) is 0 Å². The van der Waals surface area contributed by atoms with Gasteiger partial charge in [0.15, 0.2) is 0 Å². The molecule has 0 saturated carbocycles. The molecule has 0 N–H and O–H groups in total. The van der Waals surface area contributed by atoms with E-state index in [1.807, 2.05) is 11.8 Å². The van der Waals surface area contributed by atoms with Crippen molar-refractivity contribution in [3.63, 3.8) is 0 Å². The van der Waals surface area contributed by atoms with E-state index >= 15 is 0 Å². The molecule has 0 bridgehead atoms. The Morgan fingerprint density at radius 2 is 1.76 bits per heavy atom. The van der Waals surface area contributed by atoms with Gasteiger partial charge in [-0.2, -0.15) is 0 Å². The molecule has 0 fully saturated rings. The maximum Gasteiger partial charge on any atom is 0.125 e. The molecule has 2 atom stereocenters. The van der Waals surface area contributed by atoms with Gasteiger partial charge < -0.3 is 0 Å². The molecule has 0 amide bonds. The number of rotatable bonds is 0. The van der Waals surface area contributed by atoms with Crippen molar-refractivity contribution in [2.45, 2.75) is 28.8 Å². The van der Waals surface area contributed by atoms with Crippen LogP contribution >= 0.6 is 11.8 Å². The molecule has 0 spiro atoms. The highest BCUT2D eigenvalue weighted by molar-refractivity contribution is 8.00. The molecule has 2 aromatic rings. The topological polar surface area (TPSA) is 0 Å². The van der Waals surface area contributed by atoms with Gasteiger partial charge in [-0.25, -0.2) is 0 Å². The first kappa shape index (κ1) is 9.98. The Labute approximate surface area is 107 Å². The summed E-state index contributed by atoms with van der Waals surface area (Å²) in [6.07, 6.45) is 0. The monoisotopic (exact) mass is 254 g/mol. The number of hydrogen-bond donors (Lipinski definition) is 0. The molecule has 17 heavy (non-hydrogen) atoms. The van der Waals surface area contributed by atoms with Gasteiger partial charge in [0.2, 0.25) is 0 Å². The van der Waals surface area contributed by atoms with Crippen molar-refractivity contribution < 1.29 is 0 Å². The van der Waals surface area contributed by atoms with Gasteiger partial charge in [0.05, 0.1) is 0 Å². The number of benzene rings is 2. The summed E-state index contributed by atoms with van der Waals surface area (Å²) < 4.78 is 0. The molecule has 2 aromatic carbocycles. The molecule has 4 rings (SSSR count). The number of fused-ring (bicyclic) bond motifs is 2. The van der Waals surface area contributed by atoms with Crippen molar-refractivity contribution in [2.75, 3.05) is 0 Å². The van der Waals surface area contributed by atoms with E-state index in [1.165, 1.54) is 9.79 Å². The van der Waals surface area contributed by atoms with Crippen molar-refractivity contribution in [1.29, 1.82) is 0 Å². The fourth-order valence-electron chi connectivity index (χ4n) is 3.47. The highest BCUT2D eigenvalue weighted by Crippen LogP contribution is 2.45. The van der Waals surface area contributed by atoms with E-state index < -0.39 is 8.07 Å². The maximum absolute atomic E-state index is 2.54. The molecule has 0 nitrogen and oxygen atoms in total. The molecule has 2 unspecified atom stereocenters. The maximum atomic E-state index is 2.54. The van der Waals surface area contributed by atoms with Gasteiger partial charge in [-0.15, -0.1) is 0 Å². The number of hydrogen-bond acceptors (Lipinski definition) is 1. The molecule has 2 aliphatic heterocycles. The van der Waals surface area contributed by atoms with Crippen LogP contribution in [-0.4, -0.2) is 8.07 Å². The van der Waals surface area contributed by atoms with E-state index in [1.54, 1.807) is 15.9 Å². The highest BCUT2D eigenvalue weighted by atomic mass is 32.2. The van der Waals surface area contributed by atoms with Crippen LogP contribution < -0.4 is 10.4 Å². The van der Waals surface area contributed by atoms with E-state index in [0.717, 1.165) is 5.54 Å². The predicted molar refractivity (Wildman–Crippen MR) is 76.3 cm³/mol. The summed E-state index contributed by atoms with van der Waals surface area (Å²) in [5.41, 5.74) is 2.39. The first-order valence-electron chi connectivity index (χ1n) is 6.13. The Kier molecular flexibility index (Phi) is 1.80. The molecule has 0 radical (unpaired) electrons. The Hall–Kier alpha value is -0.993. The van der Waals surface area contributed by atoms with Crippen molar-refractivity contribution in [3.05, 3.63) is 48.0 Å². The summed E-state index contributed by atoms with van der Waals surface area (Å²) in [6.45, 7) is 4.97. The molecule has 0 aromatic heterocycles. The van der Waals surface area contributed by atoms with Crippen LogP contribution in [0.2, 0.25) is 6.55 Å². The zero-order valence-electron chi connectivity index (χ0n) is 10.0. The summed E-state index contributed by atoms with van der Waals surface area (Å²) in [4.78, 5) is 3.02. The molecular formula is C15H14SSi. The summed E-state index contributed by atoms with van der Waals surface area (Å²) in [5.74, 6) is 0. The molecule has 0 saturated heterocycles. The van der Waals surface area contributed by atoms with E-state index in [-0.39, 0.29) is 0 Å². The van der Waals surface area contributed by atoms with Gasteiger partial charge in [-0.1, -0.05) is 55.6 Å². The quantitative estimate of drug-likeness (QED) is 0.651. The Bertz CT molecular complexity index is 635. The van der Waals surface area contributed by atoms with E-state index in [2.05, 4.69) is 55.9 Å². The lowest BCUT2D eigenvalue weighted by Crippen LogP contribution is -2.71. The average molecular weight is 254 g/mol. The van der Waals surface area contributed by atoms with E-state index in [0.29, 0.717) is 0 Å². The molecule has 2 aliphatic rings. The van der Waals surface area contributed by atoms with Crippen LogP contribution in [0.25, 0.3) is 0 Å². The van der Waals surface area contributed by atoms with Crippen LogP contribution in [-0.2, 0) is 0 Å². The second kappa shape index (κ2) is 3.06. The van der Waals surface area contributed by atoms with Crippen LogP contribution in [0.3, 0.4) is 0 Å². The van der Waals surface area contributed by atoms with Crippen LogP contribution in [0.15, 0.2) is 52.3 Å². The highest BCUT2D eigenvalue weighted by Gasteiger charge is 2.53. The predicted octanol–water partition coefficient (Wildman–Crippen LogP) is 3.00. The first-order valence-corrected chi connectivity index (χ1v) is 9.53. The average Bonchev–Trinajstić information content (AvgIpc) is 2.38. The third-order valence-electron chi connectivity index (χ3n) is 4.58. The third kappa shape index (κ3) is 1.02. The molecule has 84 valence electrons. The van der Waals surface area contributed by atoms with Gasteiger partial charge in [0.25, 0.3) is 0 Å². The van der Waals surface area contributed by atoms with Gasteiger partial charge in [0.1, 0.15) is 8.07 Å². The fraction of sp³-hybridized carbons (Fsp3) is 0.200. The summed E-state index contributed by atoms with van der Waals surface area (Å²) in [6, 6.07) is 15.9. The Balaban J connectivity index is 2.08. The van der Waals surface area contributed by atoms with E-state index in [9.17, 15) is 0 Å². The van der Waals surface area contributed by atoms with Gasteiger partial charge >= 0.3 is 0 Å². The third-order valence-corrected chi connectivity index (χ3v) is 11.3. The van der Waals surface area contributed by atoms with Crippen molar-refractivity contribution in [3.8, 4) is 0 Å². The Morgan fingerprint density at radius 3 is 2.65 bits per heavy atom. The van der Waals surface area contributed by atoms with Crippen LogP contribution in [0.4, 0.5) is 0 Å². The van der Waals surface area contributed by atoms with Gasteiger partial charge in [-0.05, 0) is 33.6 Å². The molecule has 0 aliphatic carbocycles. The minimum absolute atomic E-state index is 0.777. The SMILES string of the molecule is CC1c2cccc3c2[Si]1(C)c1ccccc1S3. The van der Waals surface area contributed by atoms with Crippen molar-refractivity contribution in [1.82, 2.24) is 0 Å². The standard InChI is InChI=1S/C15H14SSi/c1-10-11-6-5-8-13-15(11)17(10,2)14-9-4-3-7-12(14)16-13/h3-10H,1-2H3. The van der Waals surface area contributed by atoms with E-state index in [4.69, 9.17) is 0 Å². The summed E-state index contributed by atoms with van der Waals surface area (Å²) >= 11 is 1.96. The van der Waals surface area contributed by atoms with Gasteiger partial charge in [0, 0.05) is 9.79 Å². The Morgan fingerprint density at radius 1 is 1.00 bits per heavy atom. The largest absolute Gasteiger partial charge is 0.125 e. The molecular weight excluding hydrogens is 240 g/mol.